The number of benzene rings is 1. The largest absolute Gasteiger partial charge is 0.462 e. The van der Waals surface area contributed by atoms with Crippen LogP contribution in [0.1, 0.15) is 58.9 Å². The Morgan fingerprint density at radius 2 is 1.71 bits per heavy atom. The number of amides is 2. The van der Waals surface area contributed by atoms with Crippen LogP contribution in [0, 0.1) is 12.8 Å². The van der Waals surface area contributed by atoms with Crippen LogP contribution in [0.15, 0.2) is 24.3 Å². The van der Waals surface area contributed by atoms with Crippen molar-refractivity contribution in [2.24, 2.45) is 5.92 Å². The van der Waals surface area contributed by atoms with Crippen molar-refractivity contribution in [1.29, 1.82) is 0 Å². The Morgan fingerprint density at radius 3 is 2.25 bits per heavy atom. The van der Waals surface area contributed by atoms with Crippen molar-refractivity contribution in [2.75, 3.05) is 17.2 Å². The van der Waals surface area contributed by atoms with Gasteiger partial charge in [0.25, 0.3) is 5.91 Å². The van der Waals surface area contributed by atoms with E-state index in [1.165, 1.54) is 11.3 Å². The number of hydrogen-bond donors (Lipinski definition) is 2. The highest BCUT2D eigenvalue weighted by molar-refractivity contribution is 7.16. The number of carbonyl (C=O) groups excluding carboxylic acids is 3. The van der Waals surface area contributed by atoms with E-state index >= 15 is 0 Å². The minimum atomic E-state index is -0.425. The first-order valence-corrected chi connectivity index (χ1v) is 10.1. The van der Waals surface area contributed by atoms with Gasteiger partial charge in [0.05, 0.1) is 12.2 Å². The normalized spacial score (nSPS) is 10.6. The summed E-state index contributed by atoms with van der Waals surface area (Å²) in [4.78, 5) is 37.8. The Morgan fingerprint density at radius 1 is 1.07 bits per heavy atom. The van der Waals surface area contributed by atoms with Crippen molar-refractivity contribution in [1.82, 2.24) is 0 Å². The Balaban J connectivity index is 2.21. The van der Waals surface area contributed by atoms with Crippen LogP contribution in [0.4, 0.5) is 10.7 Å². The summed E-state index contributed by atoms with van der Waals surface area (Å²) in [5, 5.41) is 6.11. The van der Waals surface area contributed by atoms with Crippen LogP contribution in [-0.4, -0.2) is 24.4 Å². The van der Waals surface area contributed by atoms with Crippen molar-refractivity contribution in [3.05, 3.63) is 45.8 Å². The topological polar surface area (TPSA) is 84.5 Å². The second-order valence-corrected chi connectivity index (χ2v) is 7.82. The molecule has 0 aliphatic rings. The maximum absolute atomic E-state index is 12.7. The van der Waals surface area contributed by atoms with E-state index in [0.717, 1.165) is 10.4 Å². The molecule has 0 radical (unpaired) electrons. The number of ether oxygens (including phenoxy) is 1. The molecule has 1 aromatic heterocycles. The fourth-order valence-electron chi connectivity index (χ4n) is 2.68. The van der Waals surface area contributed by atoms with Crippen molar-refractivity contribution in [3.8, 4) is 0 Å². The molecule has 0 bridgehead atoms. The van der Waals surface area contributed by atoms with Crippen molar-refractivity contribution < 1.29 is 19.1 Å². The van der Waals surface area contributed by atoms with Crippen LogP contribution in [0.5, 0.6) is 0 Å². The molecular formula is C21H26N2O4S. The summed E-state index contributed by atoms with van der Waals surface area (Å²) in [5.41, 5.74) is 2.38. The first-order valence-electron chi connectivity index (χ1n) is 9.30. The molecular weight excluding hydrogens is 376 g/mol. The minimum absolute atomic E-state index is 0.0857. The van der Waals surface area contributed by atoms with Gasteiger partial charge in [-0.25, -0.2) is 4.79 Å². The molecule has 1 heterocycles. The van der Waals surface area contributed by atoms with Crippen LogP contribution in [0.2, 0.25) is 0 Å². The van der Waals surface area contributed by atoms with Crippen LogP contribution < -0.4 is 10.6 Å². The molecule has 0 unspecified atom stereocenters. The van der Waals surface area contributed by atoms with Gasteiger partial charge >= 0.3 is 5.97 Å². The van der Waals surface area contributed by atoms with Gasteiger partial charge in [0.15, 0.2) is 0 Å². The molecule has 0 aliphatic carbocycles. The lowest BCUT2D eigenvalue weighted by molar-refractivity contribution is -0.118. The van der Waals surface area contributed by atoms with Gasteiger partial charge in [-0.05, 0) is 50.1 Å². The van der Waals surface area contributed by atoms with Gasteiger partial charge in [-0.15, -0.1) is 11.3 Å². The fourth-order valence-corrected chi connectivity index (χ4v) is 3.81. The van der Waals surface area contributed by atoms with Gasteiger partial charge in [0.2, 0.25) is 5.91 Å². The number of rotatable bonds is 7. The Kier molecular flexibility index (Phi) is 7.34. The first kappa shape index (κ1) is 21.6. The van der Waals surface area contributed by atoms with E-state index in [-0.39, 0.29) is 24.3 Å². The predicted molar refractivity (Wildman–Crippen MR) is 112 cm³/mol. The Hall–Kier alpha value is -2.67. The standard InChI is InChI=1S/C21H26N2O4S/c1-6-16-13(5)28-20(17(16)21(26)27-7-2)23-19(25)14-8-10-15(11-9-14)22-18(24)12(3)4/h8-12H,6-7H2,1-5H3,(H,22,24)(H,23,25). The first-order chi connectivity index (χ1) is 13.3. The number of nitrogens with one attached hydrogen (secondary N) is 2. The van der Waals surface area contributed by atoms with Gasteiger partial charge in [-0.1, -0.05) is 20.8 Å². The molecule has 0 spiro atoms. The maximum atomic E-state index is 12.7. The van der Waals surface area contributed by atoms with Gasteiger partial charge in [-0.3, -0.25) is 9.59 Å². The second kappa shape index (κ2) is 9.50. The van der Waals surface area contributed by atoms with Crippen LogP contribution in [0.3, 0.4) is 0 Å². The molecule has 0 fully saturated rings. The van der Waals surface area contributed by atoms with E-state index in [0.29, 0.717) is 28.2 Å². The number of thiophene rings is 1. The number of esters is 1. The summed E-state index contributed by atoms with van der Waals surface area (Å²) in [7, 11) is 0. The van der Waals surface area contributed by atoms with E-state index in [1.807, 2.05) is 27.7 Å². The second-order valence-electron chi connectivity index (χ2n) is 6.59. The highest BCUT2D eigenvalue weighted by Crippen LogP contribution is 2.34. The third kappa shape index (κ3) is 4.98. The van der Waals surface area contributed by atoms with E-state index in [9.17, 15) is 14.4 Å². The predicted octanol–water partition coefficient (Wildman–Crippen LogP) is 4.64. The molecule has 28 heavy (non-hydrogen) atoms. The number of carbonyl (C=O) groups is 3. The van der Waals surface area contributed by atoms with Gasteiger partial charge in [0.1, 0.15) is 5.00 Å². The minimum Gasteiger partial charge on any atom is -0.462 e. The zero-order valence-electron chi connectivity index (χ0n) is 16.8. The summed E-state index contributed by atoms with van der Waals surface area (Å²) in [6, 6.07) is 6.63. The summed E-state index contributed by atoms with van der Waals surface area (Å²) in [6.07, 6.45) is 0.677. The maximum Gasteiger partial charge on any atom is 0.341 e. The van der Waals surface area contributed by atoms with Crippen molar-refractivity contribution in [3.63, 3.8) is 0 Å². The molecule has 7 heteroatoms. The van der Waals surface area contributed by atoms with Gasteiger partial charge < -0.3 is 15.4 Å². The smallest absolute Gasteiger partial charge is 0.341 e. The van der Waals surface area contributed by atoms with Crippen LogP contribution >= 0.6 is 11.3 Å². The molecule has 1 aromatic carbocycles. The summed E-state index contributed by atoms with van der Waals surface area (Å²) in [6.45, 7) is 9.54. The van der Waals surface area contributed by atoms with Crippen LogP contribution in [0.25, 0.3) is 0 Å². The SMILES string of the molecule is CCOC(=O)c1c(NC(=O)c2ccc(NC(=O)C(C)C)cc2)sc(C)c1CC. The average Bonchev–Trinajstić information content (AvgIpc) is 2.97. The number of aryl methyl sites for hydroxylation is 1. The number of hydrogen-bond acceptors (Lipinski definition) is 5. The van der Waals surface area contributed by atoms with E-state index < -0.39 is 5.97 Å². The molecule has 0 saturated heterocycles. The quantitative estimate of drug-likeness (QED) is 0.661. The lowest BCUT2D eigenvalue weighted by Crippen LogP contribution is -2.18. The van der Waals surface area contributed by atoms with Gasteiger partial charge in [-0.2, -0.15) is 0 Å². The summed E-state index contributed by atoms with van der Waals surface area (Å²) < 4.78 is 5.16. The molecule has 2 aromatic rings. The summed E-state index contributed by atoms with van der Waals surface area (Å²) >= 11 is 1.37. The highest BCUT2D eigenvalue weighted by Gasteiger charge is 2.23. The monoisotopic (exact) mass is 402 g/mol. The van der Waals surface area contributed by atoms with Crippen LogP contribution in [-0.2, 0) is 16.0 Å². The third-order valence-electron chi connectivity index (χ3n) is 4.21. The van der Waals surface area contributed by atoms with Crippen molar-refractivity contribution in [2.45, 2.75) is 41.0 Å². The van der Waals surface area contributed by atoms with E-state index in [4.69, 9.17) is 4.74 Å². The number of anilines is 2. The molecule has 0 atom stereocenters. The van der Waals surface area contributed by atoms with E-state index in [2.05, 4.69) is 10.6 Å². The lowest BCUT2D eigenvalue weighted by atomic mass is 10.1. The highest BCUT2D eigenvalue weighted by atomic mass is 32.1. The third-order valence-corrected chi connectivity index (χ3v) is 5.27. The lowest BCUT2D eigenvalue weighted by Gasteiger charge is -2.10. The summed E-state index contributed by atoms with van der Waals surface area (Å²) in [5.74, 6) is -0.960. The molecule has 6 nitrogen and oxygen atoms in total. The Bertz CT molecular complexity index is 869. The fraction of sp³-hybridized carbons (Fsp3) is 0.381. The molecule has 0 saturated carbocycles. The molecule has 150 valence electrons. The zero-order chi connectivity index (χ0) is 20.8. The zero-order valence-corrected chi connectivity index (χ0v) is 17.7. The van der Waals surface area contributed by atoms with Gasteiger partial charge in [0, 0.05) is 22.0 Å². The van der Waals surface area contributed by atoms with Crippen molar-refractivity contribution >= 4 is 39.8 Å². The average molecular weight is 403 g/mol. The molecule has 2 rings (SSSR count). The molecule has 2 N–H and O–H groups in total. The molecule has 0 aliphatic heterocycles. The Labute approximate surface area is 169 Å². The van der Waals surface area contributed by atoms with E-state index in [1.54, 1.807) is 31.2 Å². The molecule has 2 amide bonds.